The third kappa shape index (κ3) is 4.11. The van der Waals surface area contributed by atoms with Crippen molar-refractivity contribution in [2.75, 3.05) is 0 Å². The highest BCUT2D eigenvalue weighted by Gasteiger charge is 2.22. The minimum absolute atomic E-state index is 0.0549. The van der Waals surface area contributed by atoms with Gasteiger partial charge in [0.15, 0.2) is 0 Å². The lowest BCUT2D eigenvalue weighted by Gasteiger charge is -2.20. The number of para-hydroxylation sites is 2. The predicted octanol–water partition coefficient (Wildman–Crippen LogP) is 5.31. The molecular weight excluding hydrogens is 346 g/mol. The summed E-state index contributed by atoms with van der Waals surface area (Å²) in [6.45, 7) is 11.2. The zero-order valence-electron chi connectivity index (χ0n) is 17.6. The Labute approximate surface area is 168 Å². The summed E-state index contributed by atoms with van der Waals surface area (Å²) >= 11 is 0. The standard InChI is InChI=1S/C24H31N3O/c1-6-19(7-2)24(28)25-18(5)23-26-21-10-8-9-11-22(21)27(23)15-20-14-16(3)12-13-17(20)4/h8-14,18-19H,6-7,15H2,1-5H3,(H,25,28). The second kappa shape index (κ2) is 8.59. The fourth-order valence-corrected chi connectivity index (χ4v) is 3.79. The molecule has 4 nitrogen and oxygen atoms in total. The normalized spacial score (nSPS) is 12.5. The van der Waals surface area contributed by atoms with E-state index in [1.807, 2.05) is 25.1 Å². The lowest BCUT2D eigenvalue weighted by molar-refractivity contribution is -0.125. The second-order valence-corrected chi connectivity index (χ2v) is 7.72. The van der Waals surface area contributed by atoms with Gasteiger partial charge in [-0.25, -0.2) is 4.98 Å². The van der Waals surface area contributed by atoms with E-state index < -0.39 is 0 Å². The van der Waals surface area contributed by atoms with Crippen LogP contribution < -0.4 is 5.32 Å². The monoisotopic (exact) mass is 377 g/mol. The van der Waals surface area contributed by atoms with Gasteiger partial charge in [-0.2, -0.15) is 0 Å². The van der Waals surface area contributed by atoms with E-state index in [9.17, 15) is 4.79 Å². The molecule has 28 heavy (non-hydrogen) atoms. The lowest BCUT2D eigenvalue weighted by Crippen LogP contribution is -2.33. The van der Waals surface area contributed by atoms with Crippen LogP contribution in [0.1, 0.15) is 62.2 Å². The molecule has 0 aliphatic heterocycles. The summed E-state index contributed by atoms with van der Waals surface area (Å²) in [7, 11) is 0. The molecular formula is C24H31N3O. The number of hydrogen-bond acceptors (Lipinski definition) is 2. The summed E-state index contributed by atoms with van der Waals surface area (Å²) < 4.78 is 2.24. The fourth-order valence-electron chi connectivity index (χ4n) is 3.79. The van der Waals surface area contributed by atoms with Crippen molar-refractivity contribution in [3.05, 3.63) is 65.0 Å². The first-order valence-corrected chi connectivity index (χ1v) is 10.3. The van der Waals surface area contributed by atoms with Crippen molar-refractivity contribution in [3.63, 3.8) is 0 Å². The van der Waals surface area contributed by atoms with Gasteiger partial charge in [-0.1, -0.05) is 49.7 Å². The summed E-state index contributed by atoms with van der Waals surface area (Å²) in [4.78, 5) is 17.5. The van der Waals surface area contributed by atoms with Crippen molar-refractivity contribution in [2.45, 2.75) is 60.0 Å². The van der Waals surface area contributed by atoms with Crippen LogP contribution in [0.15, 0.2) is 42.5 Å². The van der Waals surface area contributed by atoms with E-state index in [0.717, 1.165) is 36.2 Å². The third-order valence-corrected chi connectivity index (χ3v) is 5.62. The Bertz CT molecular complexity index is 969. The Morgan fingerprint density at radius 3 is 2.54 bits per heavy atom. The molecule has 2 aromatic carbocycles. The zero-order valence-corrected chi connectivity index (χ0v) is 17.6. The second-order valence-electron chi connectivity index (χ2n) is 7.72. The van der Waals surface area contributed by atoms with Crippen LogP contribution in [-0.4, -0.2) is 15.5 Å². The molecule has 1 N–H and O–H groups in total. The molecule has 1 atom stereocenters. The van der Waals surface area contributed by atoms with Crippen molar-refractivity contribution in [1.29, 1.82) is 0 Å². The van der Waals surface area contributed by atoms with Gasteiger partial charge in [0.05, 0.1) is 17.1 Å². The maximum absolute atomic E-state index is 12.6. The largest absolute Gasteiger partial charge is 0.346 e. The number of nitrogens with zero attached hydrogens (tertiary/aromatic N) is 2. The molecule has 0 saturated carbocycles. The highest BCUT2D eigenvalue weighted by molar-refractivity contribution is 5.79. The van der Waals surface area contributed by atoms with E-state index in [-0.39, 0.29) is 17.9 Å². The molecule has 0 saturated heterocycles. The van der Waals surface area contributed by atoms with E-state index in [0.29, 0.717) is 0 Å². The minimum atomic E-state index is -0.148. The topological polar surface area (TPSA) is 46.9 Å². The van der Waals surface area contributed by atoms with Crippen molar-refractivity contribution in [3.8, 4) is 0 Å². The van der Waals surface area contributed by atoms with Gasteiger partial charge in [0, 0.05) is 12.5 Å². The van der Waals surface area contributed by atoms with Gasteiger partial charge in [0.2, 0.25) is 5.91 Å². The summed E-state index contributed by atoms with van der Waals surface area (Å²) in [5.74, 6) is 1.07. The highest BCUT2D eigenvalue weighted by atomic mass is 16.1. The van der Waals surface area contributed by atoms with E-state index in [2.05, 4.69) is 61.8 Å². The van der Waals surface area contributed by atoms with E-state index in [1.54, 1.807) is 0 Å². The van der Waals surface area contributed by atoms with Gasteiger partial charge in [-0.05, 0) is 56.9 Å². The predicted molar refractivity (Wildman–Crippen MR) is 115 cm³/mol. The van der Waals surface area contributed by atoms with Crippen LogP contribution >= 0.6 is 0 Å². The van der Waals surface area contributed by atoms with Gasteiger partial charge >= 0.3 is 0 Å². The molecule has 4 heteroatoms. The Morgan fingerprint density at radius 2 is 1.82 bits per heavy atom. The number of carbonyl (C=O) groups excluding carboxylic acids is 1. The lowest BCUT2D eigenvalue weighted by atomic mass is 10.0. The third-order valence-electron chi connectivity index (χ3n) is 5.62. The van der Waals surface area contributed by atoms with E-state index in [1.165, 1.54) is 16.7 Å². The number of aromatic nitrogens is 2. The van der Waals surface area contributed by atoms with Crippen molar-refractivity contribution in [2.24, 2.45) is 5.92 Å². The van der Waals surface area contributed by atoms with Crippen LogP contribution in [0.25, 0.3) is 11.0 Å². The van der Waals surface area contributed by atoms with Crippen LogP contribution in [-0.2, 0) is 11.3 Å². The smallest absolute Gasteiger partial charge is 0.223 e. The number of aryl methyl sites for hydroxylation is 2. The average molecular weight is 378 g/mol. The molecule has 1 aromatic heterocycles. The molecule has 1 amide bonds. The van der Waals surface area contributed by atoms with Gasteiger partial charge in [-0.15, -0.1) is 0 Å². The molecule has 0 aliphatic rings. The van der Waals surface area contributed by atoms with Crippen LogP contribution in [0.5, 0.6) is 0 Å². The maximum atomic E-state index is 12.6. The highest BCUT2D eigenvalue weighted by Crippen LogP contribution is 2.24. The number of rotatable bonds is 7. The van der Waals surface area contributed by atoms with Crippen LogP contribution in [0.2, 0.25) is 0 Å². The SMILES string of the molecule is CCC(CC)C(=O)NC(C)c1nc2ccccc2n1Cc1cc(C)ccc1C. The number of fused-ring (bicyclic) bond motifs is 1. The molecule has 0 aliphatic carbocycles. The summed E-state index contributed by atoms with van der Waals surface area (Å²) in [5, 5.41) is 3.19. The average Bonchev–Trinajstić information content (AvgIpc) is 3.04. The first-order chi connectivity index (χ1) is 13.4. The Kier molecular flexibility index (Phi) is 6.18. The van der Waals surface area contributed by atoms with Gasteiger partial charge < -0.3 is 9.88 Å². The number of carbonyl (C=O) groups is 1. The Hall–Kier alpha value is -2.62. The molecule has 0 spiro atoms. The summed E-state index contributed by atoms with van der Waals surface area (Å²) in [5.41, 5.74) is 5.86. The first-order valence-electron chi connectivity index (χ1n) is 10.3. The van der Waals surface area contributed by atoms with Crippen LogP contribution in [0.3, 0.4) is 0 Å². The van der Waals surface area contributed by atoms with Crippen LogP contribution in [0.4, 0.5) is 0 Å². The number of benzene rings is 2. The minimum Gasteiger partial charge on any atom is -0.346 e. The number of nitrogens with one attached hydrogen (secondary N) is 1. The maximum Gasteiger partial charge on any atom is 0.223 e. The Balaban J connectivity index is 1.99. The molecule has 1 unspecified atom stereocenters. The molecule has 3 aromatic rings. The first kappa shape index (κ1) is 20.1. The number of amides is 1. The molecule has 0 radical (unpaired) electrons. The molecule has 1 heterocycles. The van der Waals surface area contributed by atoms with Crippen molar-refractivity contribution < 1.29 is 4.79 Å². The van der Waals surface area contributed by atoms with Crippen LogP contribution in [0, 0.1) is 19.8 Å². The van der Waals surface area contributed by atoms with Gasteiger partial charge in [-0.3, -0.25) is 4.79 Å². The molecule has 148 valence electrons. The number of imidazole rings is 1. The molecule has 3 rings (SSSR count). The van der Waals surface area contributed by atoms with Gasteiger partial charge in [0.1, 0.15) is 5.82 Å². The fraction of sp³-hybridized carbons (Fsp3) is 0.417. The quantitative estimate of drug-likeness (QED) is 0.606. The Morgan fingerprint density at radius 1 is 1.11 bits per heavy atom. The molecule has 0 bridgehead atoms. The van der Waals surface area contributed by atoms with Crippen molar-refractivity contribution in [1.82, 2.24) is 14.9 Å². The summed E-state index contributed by atoms with van der Waals surface area (Å²) in [6.07, 6.45) is 1.71. The zero-order chi connectivity index (χ0) is 20.3. The van der Waals surface area contributed by atoms with Crippen molar-refractivity contribution >= 4 is 16.9 Å². The number of hydrogen-bond donors (Lipinski definition) is 1. The summed E-state index contributed by atoms with van der Waals surface area (Å²) in [6, 6.07) is 14.6. The van der Waals surface area contributed by atoms with E-state index in [4.69, 9.17) is 4.98 Å². The van der Waals surface area contributed by atoms with Gasteiger partial charge in [0.25, 0.3) is 0 Å². The molecule has 0 fully saturated rings. The van der Waals surface area contributed by atoms with E-state index >= 15 is 0 Å².